The summed E-state index contributed by atoms with van der Waals surface area (Å²) in [7, 11) is 0. The lowest BCUT2D eigenvalue weighted by Gasteiger charge is -2.22. The number of halogens is 1. The third-order valence-electron chi connectivity index (χ3n) is 3.83. The molecule has 0 aliphatic rings. The van der Waals surface area contributed by atoms with E-state index in [0.29, 0.717) is 6.04 Å². The molecular weight excluding hydrogens is 322 g/mol. The smallest absolute Gasteiger partial charge is 0.0513 e. The lowest BCUT2D eigenvalue weighted by molar-refractivity contribution is 0.634. The minimum atomic E-state index is 0.387. The summed E-state index contributed by atoms with van der Waals surface area (Å²) in [6.45, 7) is 4.45. The monoisotopic (exact) mass is 345 g/mol. The lowest BCUT2D eigenvalue weighted by Crippen LogP contribution is -2.12. The molecule has 1 atom stereocenters. The van der Waals surface area contributed by atoms with Crippen LogP contribution in [-0.4, -0.2) is 0 Å². The molecule has 0 fully saturated rings. The van der Waals surface area contributed by atoms with Crippen molar-refractivity contribution in [3.8, 4) is 0 Å². The van der Waals surface area contributed by atoms with E-state index < -0.39 is 0 Å². The number of anilines is 1. The van der Waals surface area contributed by atoms with Gasteiger partial charge in [0.25, 0.3) is 0 Å². The summed E-state index contributed by atoms with van der Waals surface area (Å²) in [5.74, 6) is 0. The largest absolute Gasteiger partial charge is 0.378 e. The van der Waals surface area contributed by atoms with Gasteiger partial charge in [-0.05, 0) is 42.2 Å². The number of aryl methyl sites for hydroxylation is 1. The van der Waals surface area contributed by atoms with E-state index in [0.717, 1.165) is 10.9 Å². The average molecular weight is 346 g/mol. The van der Waals surface area contributed by atoms with E-state index in [1.165, 1.54) is 36.1 Å². The molecule has 0 saturated heterocycles. The highest BCUT2D eigenvalue weighted by Crippen LogP contribution is 2.28. The second kappa shape index (κ2) is 8.23. The summed E-state index contributed by atoms with van der Waals surface area (Å²) >= 11 is 3.56. The highest BCUT2D eigenvalue weighted by Gasteiger charge is 2.12. The molecule has 0 aromatic heterocycles. The molecule has 2 aromatic carbocycles. The molecule has 1 nitrogen and oxygen atoms in total. The molecule has 2 heteroatoms. The first-order valence-electron chi connectivity index (χ1n) is 7.84. The zero-order chi connectivity index (χ0) is 15.1. The van der Waals surface area contributed by atoms with Crippen molar-refractivity contribution in [1.82, 2.24) is 0 Å². The molecule has 0 saturated carbocycles. The fourth-order valence-corrected chi connectivity index (χ4v) is 3.01. The third kappa shape index (κ3) is 4.60. The van der Waals surface area contributed by atoms with Crippen molar-refractivity contribution in [3.63, 3.8) is 0 Å². The van der Waals surface area contributed by atoms with Crippen molar-refractivity contribution in [1.29, 1.82) is 0 Å². The van der Waals surface area contributed by atoms with Gasteiger partial charge in [0.05, 0.1) is 6.04 Å². The van der Waals surface area contributed by atoms with Gasteiger partial charge >= 0.3 is 0 Å². The first-order chi connectivity index (χ1) is 10.2. The van der Waals surface area contributed by atoms with E-state index in [1.807, 2.05) is 0 Å². The van der Waals surface area contributed by atoms with E-state index in [2.05, 4.69) is 83.6 Å². The van der Waals surface area contributed by atoms with Gasteiger partial charge in [0.1, 0.15) is 0 Å². The standard InChI is InChI=1S/C19H24BrN/c1-3-5-11-18(16-9-7-6-8-10-16)21-19-13-12-17(20)14-15(19)4-2/h6-10,12-14,18,21H,3-5,11H2,1-2H3. The van der Waals surface area contributed by atoms with Gasteiger partial charge in [-0.1, -0.05) is 73.0 Å². The van der Waals surface area contributed by atoms with E-state index in [-0.39, 0.29) is 0 Å². The Kier molecular flexibility index (Phi) is 6.31. The molecule has 112 valence electrons. The Morgan fingerprint density at radius 1 is 1.05 bits per heavy atom. The van der Waals surface area contributed by atoms with Crippen LogP contribution >= 0.6 is 15.9 Å². The summed E-state index contributed by atoms with van der Waals surface area (Å²) in [4.78, 5) is 0. The maximum Gasteiger partial charge on any atom is 0.0513 e. The number of hydrogen-bond acceptors (Lipinski definition) is 1. The third-order valence-corrected chi connectivity index (χ3v) is 4.32. The van der Waals surface area contributed by atoms with E-state index >= 15 is 0 Å². The van der Waals surface area contributed by atoms with Crippen LogP contribution in [0.5, 0.6) is 0 Å². The van der Waals surface area contributed by atoms with Crippen LogP contribution in [-0.2, 0) is 6.42 Å². The Hall–Kier alpha value is -1.28. The molecule has 1 N–H and O–H groups in total. The fourth-order valence-electron chi connectivity index (χ4n) is 2.60. The van der Waals surface area contributed by atoms with Crippen LogP contribution in [0.3, 0.4) is 0 Å². The molecule has 0 heterocycles. The predicted molar refractivity (Wildman–Crippen MR) is 95.9 cm³/mol. The van der Waals surface area contributed by atoms with Crippen LogP contribution in [0.1, 0.15) is 50.3 Å². The molecule has 0 amide bonds. The van der Waals surface area contributed by atoms with E-state index in [1.54, 1.807) is 0 Å². The zero-order valence-corrected chi connectivity index (χ0v) is 14.5. The van der Waals surface area contributed by atoms with Gasteiger partial charge in [0, 0.05) is 10.2 Å². The van der Waals surface area contributed by atoms with Gasteiger partial charge in [0.2, 0.25) is 0 Å². The summed E-state index contributed by atoms with van der Waals surface area (Å²) in [5.41, 5.74) is 3.99. The highest BCUT2D eigenvalue weighted by atomic mass is 79.9. The second-order valence-corrected chi connectivity index (χ2v) is 6.32. The van der Waals surface area contributed by atoms with Gasteiger partial charge < -0.3 is 5.32 Å². The lowest BCUT2D eigenvalue weighted by atomic mass is 10.00. The number of benzene rings is 2. The summed E-state index contributed by atoms with van der Waals surface area (Å²) in [6, 6.07) is 17.7. The van der Waals surface area contributed by atoms with Crippen molar-refractivity contribution >= 4 is 21.6 Å². The number of rotatable bonds is 7. The Bertz CT molecular complexity index is 551. The first-order valence-corrected chi connectivity index (χ1v) is 8.63. The number of unbranched alkanes of at least 4 members (excludes halogenated alkanes) is 1. The maximum absolute atomic E-state index is 3.76. The van der Waals surface area contributed by atoms with Crippen LogP contribution in [0.25, 0.3) is 0 Å². The number of nitrogens with one attached hydrogen (secondary N) is 1. The SMILES string of the molecule is CCCCC(Nc1ccc(Br)cc1CC)c1ccccc1. The first kappa shape index (κ1) is 16.1. The second-order valence-electron chi connectivity index (χ2n) is 5.40. The van der Waals surface area contributed by atoms with Gasteiger partial charge in [-0.3, -0.25) is 0 Å². The fraction of sp³-hybridized carbons (Fsp3) is 0.368. The Morgan fingerprint density at radius 2 is 1.81 bits per heavy atom. The van der Waals surface area contributed by atoms with Gasteiger partial charge in [-0.15, -0.1) is 0 Å². The molecule has 0 spiro atoms. The van der Waals surface area contributed by atoms with Crippen LogP contribution in [0.15, 0.2) is 53.0 Å². The van der Waals surface area contributed by atoms with Crippen molar-refractivity contribution < 1.29 is 0 Å². The quantitative estimate of drug-likeness (QED) is 0.615. The van der Waals surface area contributed by atoms with Crippen molar-refractivity contribution in [3.05, 3.63) is 64.1 Å². The normalized spacial score (nSPS) is 12.1. The van der Waals surface area contributed by atoms with Crippen LogP contribution in [0.2, 0.25) is 0 Å². The molecule has 0 bridgehead atoms. The van der Waals surface area contributed by atoms with Crippen LogP contribution < -0.4 is 5.32 Å². The van der Waals surface area contributed by atoms with Gasteiger partial charge in [-0.25, -0.2) is 0 Å². The molecule has 2 rings (SSSR count). The van der Waals surface area contributed by atoms with Crippen molar-refractivity contribution in [2.75, 3.05) is 5.32 Å². The Morgan fingerprint density at radius 3 is 2.48 bits per heavy atom. The summed E-state index contributed by atoms with van der Waals surface area (Å²) < 4.78 is 1.15. The van der Waals surface area contributed by atoms with Gasteiger partial charge in [-0.2, -0.15) is 0 Å². The van der Waals surface area contributed by atoms with Crippen LogP contribution in [0.4, 0.5) is 5.69 Å². The highest BCUT2D eigenvalue weighted by molar-refractivity contribution is 9.10. The minimum absolute atomic E-state index is 0.387. The van der Waals surface area contributed by atoms with Gasteiger partial charge in [0.15, 0.2) is 0 Å². The molecule has 21 heavy (non-hydrogen) atoms. The topological polar surface area (TPSA) is 12.0 Å². The molecule has 0 aliphatic carbocycles. The minimum Gasteiger partial charge on any atom is -0.378 e. The predicted octanol–water partition coefficient (Wildman–Crippen LogP) is 6.35. The van der Waals surface area contributed by atoms with E-state index in [9.17, 15) is 0 Å². The molecule has 1 unspecified atom stereocenters. The maximum atomic E-state index is 3.76. The molecular formula is C19H24BrN. The van der Waals surface area contributed by atoms with Crippen molar-refractivity contribution in [2.24, 2.45) is 0 Å². The number of hydrogen-bond donors (Lipinski definition) is 1. The Balaban J connectivity index is 2.22. The average Bonchev–Trinajstić information content (AvgIpc) is 2.53. The zero-order valence-electron chi connectivity index (χ0n) is 12.9. The van der Waals surface area contributed by atoms with Crippen molar-refractivity contribution in [2.45, 2.75) is 45.6 Å². The summed E-state index contributed by atoms with van der Waals surface area (Å²) in [5, 5.41) is 3.76. The molecule has 0 radical (unpaired) electrons. The summed E-state index contributed by atoms with van der Waals surface area (Å²) in [6.07, 6.45) is 4.67. The molecule has 2 aromatic rings. The van der Waals surface area contributed by atoms with Crippen LogP contribution in [0, 0.1) is 0 Å². The van der Waals surface area contributed by atoms with E-state index in [4.69, 9.17) is 0 Å². The molecule has 0 aliphatic heterocycles. The Labute approximate surface area is 136 Å².